The van der Waals surface area contributed by atoms with Crippen molar-refractivity contribution in [2.45, 2.75) is 19.3 Å². The lowest BCUT2D eigenvalue weighted by Gasteiger charge is -2.10. The van der Waals surface area contributed by atoms with Crippen LogP contribution in [0.3, 0.4) is 0 Å². The van der Waals surface area contributed by atoms with E-state index in [2.05, 4.69) is 15.5 Å². The topological polar surface area (TPSA) is 54.4 Å². The molecule has 0 bridgehead atoms. The smallest absolute Gasteiger partial charge is 0.240 e. The number of aromatic nitrogens is 1. The molecule has 0 radical (unpaired) electrons. The SMILES string of the molecule is O=C(CCCCl)NN=C(Cc1ccnc2ccccc12)c1cccc(F)c1. The molecule has 0 spiro atoms. The number of nitrogens with zero attached hydrogens (tertiary/aromatic N) is 2. The zero-order valence-electron chi connectivity index (χ0n) is 14.7. The van der Waals surface area contributed by atoms with Gasteiger partial charge in [0, 0.05) is 35.9 Å². The lowest BCUT2D eigenvalue weighted by molar-refractivity contribution is -0.121. The zero-order valence-corrected chi connectivity index (χ0v) is 15.4. The van der Waals surface area contributed by atoms with Crippen molar-refractivity contribution in [3.8, 4) is 0 Å². The average molecular weight is 384 g/mol. The second-order valence-corrected chi connectivity index (χ2v) is 6.44. The molecule has 1 aromatic heterocycles. The van der Waals surface area contributed by atoms with Crippen LogP contribution in [0.2, 0.25) is 0 Å². The van der Waals surface area contributed by atoms with E-state index in [-0.39, 0.29) is 11.7 Å². The van der Waals surface area contributed by atoms with Gasteiger partial charge in [0.1, 0.15) is 5.82 Å². The van der Waals surface area contributed by atoms with Gasteiger partial charge in [0.25, 0.3) is 0 Å². The van der Waals surface area contributed by atoms with Gasteiger partial charge >= 0.3 is 0 Å². The number of nitrogens with one attached hydrogen (secondary N) is 1. The van der Waals surface area contributed by atoms with Crippen molar-refractivity contribution in [3.63, 3.8) is 0 Å². The molecule has 1 heterocycles. The monoisotopic (exact) mass is 383 g/mol. The fraction of sp³-hybridized carbons (Fsp3) is 0.190. The first-order valence-corrected chi connectivity index (χ1v) is 9.21. The molecule has 4 nitrogen and oxygen atoms in total. The summed E-state index contributed by atoms with van der Waals surface area (Å²) in [4.78, 5) is 16.3. The van der Waals surface area contributed by atoms with E-state index >= 15 is 0 Å². The Bertz CT molecular complexity index is 969. The molecule has 0 unspecified atom stereocenters. The van der Waals surface area contributed by atoms with Crippen LogP contribution in [0.1, 0.15) is 24.0 Å². The first-order chi connectivity index (χ1) is 13.2. The number of hydrazone groups is 1. The summed E-state index contributed by atoms with van der Waals surface area (Å²) in [6.07, 6.45) is 3.04. The van der Waals surface area contributed by atoms with Crippen LogP contribution < -0.4 is 5.43 Å². The summed E-state index contributed by atoms with van der Waals surface area (Å²) in [5, 5.41) is 5.27. The third-order valence-corrected chi connectivity index (χ3v) is 4.38. The minimum Gasteiger partial charge on any atom is -0.273 e. The number of hydrogen-bond acceptors (Lipinski definition) is 3. The highest BCUT2D eigenvalue weighted by molar-refractivity contribution is 6.17. The summed E-state index contributed by atoms with van der Waals surface area (Å²) in [5.74, 6) is -0.158. The molecule has 138 valence electrons. The number of hydrogen-bond donors (Lipinski definition) is 1. The average Bonchev–Trinajstić information content (AvgIpc) is 2.69. The third-order valence-electron chi connectivity index (χ3n) is 4.11. The van der Waals surface area contributed by atoms with E-state index in [9.17, 15) is 9.18 Å². The van der Waals surface area contributed by atoms with Crippen molar-refractivity contribution in [3.05, 3.63) is 77.7 Å². The van der Waals surface area contributed by atoms with Crippen LogP contribution in [-0.2, 0) is 11.2 Å². The number of carbonyl (C=O) groups is 1. The fourth-order valence-corrected chi connectivity index (χ4v) is 2.91. The van der Waals surface area contributed by atoms with Crippen molar-refractivity contribution < 1.29 is 9.18 Å². The molecular weight excluding hydrogens is 365 g/mol. The number of rotatable bonds is 7. The van der Waals surface area contributed by atoms with Crippen LogP contribution in [0.4, 0.5) is 4.39 Å². The predicted octanol–water partition coefficient (Wildman–Crippen LogP) is 4.46. The zero-order chi connectivity index (χ0) is 19.1. The number of benzene rings is 2. The van der Waals surface area contributed by atoms with E-state index < -0.39 is 0 Å². The van der Waals surface area contributed by atoms with E-state index in [1.54, 1.807) is 18.3 Å². The first kappa shape index (κ1) is 19.0. The summed E-state index contributed by atoms with van der Waals surface area (Å²) in [6, 6.07) is 15.9. The first-order valence-electron chi connectivity index (χ1n) is 8.67. The van der Waals surface area contributed by atoms with E-state index in [0.29, 0.717) is 36.4 Å². The summed E-state index contributed by atoms with van der Waals surface area (Å²) in [6.45, 7) is 0. The largest absolute Gasteiger partial charge is 0.273 e. The second kappa shape index (κ2) is 9.24. The van der Waals surface area contributed by atoms with Crippen LogP contribution >= 0.6 is 11.6 Å². The molecule has 0 atom stereocenters. The molecule has 2 aromatic carbocycles. The molecule has 0 aliphatic rings. The van der Waals surface area contributed by atoms with Gasteiger partial charge in [-0.05, 0) is 36.2 Å². The van der Waals surface area contributed by atoms with Crippen LogP contribution in [-0.4, -0.2) is 22.5 Å². The Morgan fingerprint density at radius 3 is 2.81 bits per heavy atom. The third kappa shape index (κ3) is 5.11. The van der Waals surface area contributed by atoms with Crippen LogP contribution in [0, 0.1) is 5.82 Å². The predicted molar refractivity (Wildman–Crippen MR) is 106 cm³/mol. The number of halogens is 2. The van der Waals surface area contributed by atoms with Crippen LogP contribution in [0.5, 0.6) is 0 Å². The van der Waals surface area contributed by atoms with Crippen molar-refractivity contribution in [1.29, 1.82) is 0 Å². The molecule has 1 amide bonds. The number of alkyl halides is 1. The van der Waals surface area contributed by atoms with E-state index in [1.165, 1.54) is 12.1 Å². The Kier molecular flexibility index (Phi) is 6.49. The molecule has 3 aromatic rings. The lowest BCUT2D eigenvalue weighted by Crippen LogP contribution is -2.21. The standard InChI is InChI=1S/C21H19ClFN3O/c22-11-4-9-21(27)26-25-20(16-5-3-6-17(23)13-16)14-15-10-12-24-19-8-2-1-7-18(15)19/h1-3,5-8,10,12-13H,4,9,11,14H2,(H,26,27). The van der Waals surface area contributed by atoms with Crippen molar-refractivity contribution in [2.75, 3.05) is 5.88 Å². The Balaban J connectivity index is 1.93. The Labute approximate surface area is 162 Å². The molecule has 0 aliphatic heterocycles. The molecule has 0 saturated heterocycles. The van der Waals surface area contributed by atoms with Gasteiger partial charge in [-0.1, -0.05) is 30.3 Å². The van der Waals surface area contributed by atoms with Gasteiger partial charge in [-0.2, -0.15) is 5.10 Å². The molecule has 3 rings (SSSR count). The molecule has 0 aliphatic carbocycles. The number of carbonyl (C=O) groups excluding carboxylic acids is 1. The van der Waals surface area contributed by atoms with Gasteiger partial charge in [-0.25, -0.2) is 9.82 Å². The summed E-state index contributed by atoms with van der Waals surface area (Å²) >= 11 is 5.62. The Hall–Kier alpha value is -2.79. The van der Waals surface area contributed by atoms with Gasteiger partial charge in [0.15, 0.2) is 0 Å². The highest BCUT2D eigenvalue weighted by Gasteiger charge is 2.11. The van der Waals surface area contributed by atoms with Crippen LogP contribution in [0.25, 0.3) is 10.9 Å². The maximum atomic E-state index is 13.7. The van der Waals surface area contributed by atoms with E-state index in [0.717, 1.165) is 16.5 Å². The van der Waals surface area contributed by atoms with Crippen molar-refractivity contribution in [1.82, 2.24) is 10.4 Å². The van der Waals surface area contributed by atoms with Gasteiger partial charge < -0.3 is 0 Å². The second-order valence-electron chi connectivity index (χ2n) is 6.06. The normalized spacial score (nSPS) is 11.6. The van der Waals surface area contributed by atoms with Gasteiger partial charge in [-0.3, -0.25) is 9.78 Å². The van der Waals surface area contributed by atoms with E-state index in [1.807, 2.05) is 30.3 Å². The Morgan fingerprint density at radius 2 is 2.00 bits per heavy atom. The van der Waals surface area contributed by atoms with Crippen molar-refractivity contribution >= 4 is 34.1 Å². The highest BCUT2D eigenvalue weighted by atomic mass is 35.5. The fourth-order valence-electron chi connectivity index (χ4n) is 2.78. The van der Waals surface area contributed by atoms with Crippen LogP contribution in [0.15, 0.2) is 65.9 Å². The minimum atomic E-state index is -0.353. The minimum absolute atomic E-state index is 0.218. The lowest BCUT2D eigenvalue weighted by atomic mass is 9.99. The van der Waals surface area contributed by atoms with Gasteiger partial charge in [0.2, 0.25) is 5.91 Å². The molecule has 0 saturated carbocycles. The molecule has 27 heavy (non-hydrogen) atoms. The maximum Gasteiger partial charge on any atom is 0.240 e. The van der Waals surface area contributed by atoms with Crippen molar-refractivity contribution in [2.24, 2.45) is 5.10 Å². The maximum absolute atomic E-state index is 13.7. The number of pyridine rings is 1. The van der Waals surface area contributed by atoms with Gasteiger partial charge in [0.05, 0.1) is 11.2 Å². The quantitative estimate of drug-likeness (QED) is 0.372. The van der Waals surface area contributed by atoms with E-state index in [4.69, 9.17) is 11.6 Å². The molecule has 6 heteroatoms. The molecular formula is C21H19ClFN3O. The molecule has 0 fully saturated rings. The summed E-state index contributed by atoms with van der Waals surface area (Å²) in [7, 11) is 0. The summed E-state index contributed by atoms with van der Waals surface area (Å²) in [5.41, 5.74) is 5.62. The highest BCUT2D eigenvalue weighted by Crippen LogP contribution is 2.19. The molecule has 1 N–H and O–H groups in total. The Morgan fingerprint density at radius 1 is 1.15 bits per heavy atom. The van der Waals surface area contributed by atoms with Gasteiger partial charge in [-0.15, -0.1) is 11.6 Å². The number of para-hydroxylation sites is 1. The summed E-state index contributed by atoms with van der Waals surface area (Å²) < 4.78 is 13.7. The number of fused-ring (bicyclic) bond motifs is 1. The number of amides is 1.